The van der Waals surface area contributed by atoms with E-state index < -0.39 is 12.1 Å². The van der Waals surface area contributed by atoms with Crippen molar-refractivity contribution in [3.63, 3.8) is 0 Å². The zero-order valence-electron chi connectivity index (χ0n) is 40.9. The first-order valence-corrected chi connectivity index (χ1v) is 25.1. The minimum absolute atomic E-state index is 0.141. The lowest BCUT2D eigenvalue weighted by Crippen LogP contribution is -2.30. The maximum absolute atomic E-state index is 12.8. The Morgan fingerprint density at radius 2 is 0.708 bits per heavy atom. The molecule has 0 rings (SSSR count). The molecular weight excluding hydrogens is 805 g/mol. The van der Waals surface area contributed by atoms with Crippen LogP contribution in [0.4, 0.5) is 0 Å². The van der Waals surface area contributed by atoms with Gasteiger partial charge in [-0.1, -0.05) is 217 Å². The molecule has 65 heavy (non-hydrogen) atoms. The zero-order chi connectivity index (χ0) is 47.2. The highest BCUT2D eigenvalue weighted by atomic mass is 16.6. The number of carbonyl (C=O) groups is 3. The van der Waals surface area contributed by atoms with E-state index in [1.165, 1.54) is 19.3 Å². The normalized spacial score (nSPS) is 13.5. The number of unbranched alkanes of at least 4 members (excludes halogenated alkanes) is 11. The fraction of sp³-hybridized carbons (Fsp3) is 0.508. The molecule has 0 aromatic rings. The van der Waals surface area contributed by atoms with E-state index in [4.69, 9.17) is 14.2 Å². The lowest BCUT2D eigenvalue weighted by Gasteiger charge is -2.18. The average molecular weight is 893 g/mol. The molecule has 0 spiro atoms. The van der Waals surface area contributed by atoms with Crippen LogP contribution in [-0.4, -0.2) is 37.2 Å². The second kappa shape index (κ2) is 51.7. The third-order valence-electron chi connectivity index (χ3n) is 9.70. The van der Waals surface area contributed by atoms with Gasteiger partial charge >= 0.3 is 17.9 Å². The van der Waals surface area contributed by atoms with Gasteiger partial charge in [-0.05, 0) is 96.3 Å². The van der Waals surface area contributed by atoms with Crippen LogP contribution in [0.25, 0.3) is 0 Å². The van der Waals surface area contributed by atoms with Crippen LogP contribution in [0.15, 0.2) is 158 Å². The molecule has 6 nitrogen and oxygen atoms in total. The van der Waals surface area contributed by atoms with Crippen LogP contribution < -0.4 is 0 Å². The number of carbonyl (C=O) groups excluding carboxylic acids is 3. The minimum Gasteiger partial charge on any atom is -0.462 e. The van der Waals surface area contributed by atoms with E-state index in [1.54, 1.807) is 0 Å². The Morgan fingerprint density at radius 1 is 0.338 bits per heavy atom. The summed E-state index contributed by atoms with van der Waals surface area (Å²) in [7, 11) is 0. The van der Waals surface area contributed by atoms with Crippen LogP contribution >= 0.6 is 0 Å². The van der Waals surface area contributed by atoms with E-state index >= 15 is 0 Å². The third-order valence-corrected chi connectivity index (χ3v) is 9.70. The van der Waals surface area contributed by atoms with Crippen molar-refractivity contribution in [2.24, 2.45) is 0 Å². The summed E-state index contributed by atoms with van der Waals surface area (Å²) in [6.45, 7) is 6.19. The Kier molecular flexibility index (Phi) is 47.7. The summed E-state index contributed by atoms with van der Waals surface area (Å²) in [5.74, 6) is -1.10. The van der Waals surface area contributed by atoms with Gasteiger partial charge in [0.2, 0.25) is 0 Å². The molecule has 6 heteroatoms. The highest BCUT2D eigenvalue weighted by molar-refractivity contribution is 5.71. The quantitative estimate of drug-likeness (QED) is 0.0200. The van der Waals surface area contributed by atoms with Gasteiger partial charge < -0.3 is 14.2 Å². The van der Waals surface area contributed by atoms with Crippen molar-refractivity contribution in [1.82, 2.24) is 0 Å². The van der Waals surface area contributed by atoms with Crippen LogP contribution in [-0.2, 0) is 28.6 Å². The Hall–Kier alpha value is -4.97. The summed E-state index contributed by atoms with van der Waals surface area (Å²) in [6, 6.07) is 0. The van der Waals surface area contributed by atoms with Gasteiger partial charge in [0.15, 0.2) is 6.10 Å². The predicted molar refractivity (Wildman–Crippen MR) is 278 cm³/mol. The molecule has 0 aliphatic rings. The van der Waals surface area contributed by atoms with Crippen molar-refractivity contribution in [2.75, 3.05) is 13.2 Å². The fourth-order valence-corrected chi connectivity index (χ4v) is 5.98. The monoisotopic (exact) mass is 893 g/mol. The SMILES string of the molecule is CC/C=C/C=C/C=C/C=C/CCCCCC(=O)OCC(COC(=O)CCCCCCC/C=C/C=C/C=C/C=C/CCCCC)OC(=O)CC/C=C/C/C=C/C/C=C/C/C=C/C/C=C/CC. The predicted octanol–water partition coefficient (Wildman–Crippen LogP) is 16.6. The Balaban J connectivity index is 4.64. The highest BCUT2D eigenvalue weighted by Gasteiger charge is 2.19. The van der Waals surface area contributed by atoms with Crippen LogP contribution in [0.1, 0.15) is 175 Å². The highest BCUT2D eigenvalue weighted by Crippen LogP contribution is 2.11. The topological polar surface area (TPSA) is 78.9 Å². The molecule has 0 saturated heterocycles. The molecule has 360 valence electrons. The smallest absolute Gasteiger partial charge is 0.306 e. The number of allylic oxidation sites excluding steroid dienone is 26. The second-order valence-electron chi connectivity index (χ2n) is 15.8. The van der Waals surface area contributed by atoms with E-state index in [0.29, 0.717) is 19.3 Å². The molecule has 0 aliphatic carbocycles. The summed E-state index contributed by atoms with van der Waals surface area (Å²) >= 11 is 0. The molecule has 1 atom stereocenters. The summed E-state index contributed by atoms with van der Waals surface area (Å²) in [6.07, 6.45) is 75.2. The molecule has 0 heterocycles. The molecule has 0 saturated carbocycles. The molecule has 0 N–H and O–H groups in total. The van der Waals surface area contributed by atoms with Crippen molar-refractivity contribution in [3.8, 4) is 0 Å². The standard InChI is InChI=1S/C59H88O6/c1-4-7-10-13-16-19-22-25-27-29-30-32-34-37-40-43-46-49-52-58(61)64-55-56(54-63-57(60)51-48-45-42-39-36-33-24-21-18-15-12-9-6-3)65-59(62)53-50-47-44-41-38-35-31-28-26-23-20-17-14-11-8-5-2/h8-9,11-12,15-22,24-30,32-33,35-36,38,44,47,56H,4-7,10,13-14,23,31,34,37,39-43,45-46,48-55H2,1-3H3/b11-8+,12-9+,18-15+,19-16+,20-17+,24-21+,25-22+,28-26+,29-27+,32-30+,36-33+,38-35+,47-44+. The van der Waals surface area contributed by atoms with E-state index in [0.717, 1.165) is 103 Å². The van der Waals surface area contributed by atoms with Crippen molar-refractivity contribution in [3.05, 3.63) is 158 Å². The Morgan fingerprint density at radius 3 is 1.17 bits per heavy atom. The molecular formula is C59H88O6. The zero-order valence-corrected chi connectivity index (χ0v) is 40.9. The second-order valence-corrected chi connectivity index (χ2v) is 15.8. The molecule has 0 aliphatic heterocycles. The third kappa shape index (κ3) is 49.9. The van der Waals surface area contributed by atoms with Crippen molar-refractivity contribution < 1.29 is 28.6 Å². The van der Waals surface area contributed by atoms with Gasteiger partial charge in [-0.2, -0.15) is 0 Å². The van der Waals surface area contributed by atoms with Gasteiger partial charge in [0.1, 0.15) is 13.2 Å². The van der Waals surface area contributed by atoms with Crippen molar-refractivity contribution in [1.29, 1.82) is 0 Å². The summed E-state index contributed by atoms with van der Waals surface area (Å²) in [4.78, 5) is 37.9. The van der Waals surface area contributed by atoms with Gasteiger partial charge in [0, 0.05) is 19.3 Å². The molecule has 0 aromatic carbocycles. The van der Waals surface area contributed by atoms with Crippen LogP contribution in [0, 0.1) is 0 Å². The molecule has 0 radical (unpaired) electrons. The average Bonchev–Trinajstić information content (AvgIpc) is 3.30. The van der Waals surface area contributed by atoms with E-state index in [1.807, 2.05) is 48.6 Å². The number of hydrogen-bond donors (Lipinski definition) is 0. The molecule has 0 amide bonds. The molecule has 1 unspecified atom stereocenters. The van der Waals surface area contributed by atoms with E-state index in [-0.39, 0.29) is 38.0 Å². The van der Waals surface area contributed by atoms with Crippen molar-refractivity contribution in [2.45, 2.75) is 181 Å². The summed E-state index contributed by atoms with van der Waals surface area (Å²) in [5, 5.41) is 0. The Bertz CT molecular complexity index is 1540. The van der Waals surface area contributed by atoms with Crippen LogP contribution in [0.5, 0.6) is 0 Å². The molecule has 0 bridgehead atoms. The van der Waals surface area contributed by atoms with Gasteiger partial charge in [-0.15, -0.1) is 0 Å². The first-order valence-electron chi connectivity index (χ1n) is 25.1. The number of ether oxygens (including phenoxy) is 3. The number of hydrogen-bond acceptors (Lipinski definition) is 6. The van der Waals surface area contributed by atoms with Gasteiger partial charge in [0.05, 0.1) is 0 Å². The first kappa shape index (κ1) is 60.0. The summed E-state index contributed by atoms with van der Waals surface area (Å²) in [5.41, 5.74) is 0. The fourth-order valence-electron chi connectivity index (χ4n) is 5.98. The molecule has 0 fully saturated rings. The van der Waals surface area contributed by atoms with Crippen LogP contribution in [0.3, 0.4) is 0 Å². The maximum Gasteiger partial charge on any atom is 0.306 e. The lowest BCUT2D eigenvalue weighted by molar-refractivity contribution is -0.166. The lowest BCUT2D eigenvalue weighted by atomic mass is 10.1. The Labute approximate surface area is 397 Å². The van der Waals surface area contributed by atoms with Gasteiger partial charge in [-0.25, -0.2) is 0 Å². The number of esters is 3. The van der Waals surface area contributed by atoms with Crippen molar-refractivity contribution >= 4 is 17.9 Å². The maximum atomic E-state index is 12.8. The van der Waals surface area contributed by atoms with E-state index in [9.17, 15) is 14.4 Å². The first-order chi connectivity index (χ1) is 32.0. The van der Waals surface area contributed by atoms with E-state index in [2.05, 4.69) is 130 Å². The van der Waals surface area contributed by atoms with Crippen LogP contribution in [0.2, 0.25) is 0 Å². The largest absolute Gasteiger partial charge is 0.462 e. The van der Waals surface area contributed by atoms with Gasteiger partial charge in [-0.3, -0.25) is 14.4 Å². The minimum atomic E-state index is -0.851. The molecule has 0 aromatic heterocycles. The number of rotatable bonds is 42. The van der Waals surface area contributed by atoms with Gasteiger partial charge in [0.25, 0.3) is 0 Å². The summed E-state index contributed by atoms with van der Waals surface area (Å²) < 4.78 is 16.6.